The van der Waals surface area contributed by atoms with Crippen molar-refractivity contribution in [1.82, 2.24) is 5.32 Å². The molecule has 1 unspecified atom stereocenters. The topological polar surface area (TPSA) is 76.7 Å². The molecule has 5 nitrogen and oxygen atoms in total. The van der Waals surface area contributed by atoms with Crippen LogP contribution in [0.4, 0.5) is 0 Å². The van der Waals surface area contributed by atoms with Gasteiger partial charge in [0.25, 0.3) is 0 Å². The van der Waals surface area contributed by atoms with Crippen LogP contribution in [0.25, 0.3) is 0 Å². The number of ether oxygens (including phenoxy) is 2. The summed E-state index contributed by atoms with van der Waals surface area (Å²) in [5.41, 5.74) is 5.58. The number of nitrogens with two attached hydrogens (primary N) is 1. The Kier molecular flexibility index (Phi) is 9.23. The monoisotopic (exact) mass is 206 g/mol. The fourth-order valence-corrected chi connectivity index (χ4v) is 1.17. The lowest BCUT2D eigenvalue weighted by Gasteiger charge is -2.21. The van der Waals surface area contributed by atoms with E-state index >= 15 is 0 Å². The zero-order valence-electron chi connectivity index (χ0n) is 9.03. The summed E-state index contributed by atoms with van der Waals surface area (Å²) in [6.45, 7) is 1.50. The van der Waals surface area contributed by atoms with Gasteiger partial charge in [-0.3, -0.25) is 0 Å². The first kappa shape index (κ1) is 13.8. The molecule has 0 spiro atoms. The van der Waals surface area contributed by atoms with Crippen molar-refractivity contribution < 1.29 is 14.6 Å². The molecule has 86 valence electrons. The highest BCUT2D eigenvalue weighted by molar-refractivity contribution is 4.69. The van der Waals surface area contributed by atoms with Gasteiger partial charge in [0.15, 0.2) is 6.29 Å². The van der Waals surface area contributed by atoms with Crippen molar-refractivity contribution in [3.05, 3.63) is 0 Å². The van der Waals surface area contributed by atoms with E-state index in [2.05, 4.69) is 5.32 Å². The van der Waals surface area contributed by atoms with E-state index in [0.717, 1.165) is 19.4 Å². The van der Waals surface area contributed by atoms with Crippen molar-refractivity contribution in [2.75, 3.05) is 33.9 Å². The van der Waals surface area contributed by atoms with E-state index in [1.807, 2.05) is 0 Å². The first-order chi connectivity index (χ1) is 6.78. The molecule has 14 heavy (non-hydrogen) atoms. The summed E-state index contributed by atoms with van der Waals surface area (Å²) in [6.07, 6.45) is 1.24. The number of nitrogens with one attached hydrogen (secondary N) is 1. The minimum atomic E-state index is -0.217. The molecule has 0 radical (unpaired) electrons. The number of rotatable bonds is 9. The maximum atomic E-state index is 8.61. The van der Waals surface area contributed by atoms with E-state index in [1.54, 1.807) is 14.2 Å². The molecule has 0 aliphatic rings. The molecule has 1 atom stereocenters. The van der Waals surface area contributed by atoms with Crippen LogP contribution in [0.5, 0.6) is 0 Å². The molecule has 0 heterocycles. The third kappa shape index (κ3) is 6.28. The van der Waals surface area contributed by atoms with Crippen LogP contribution in [0.15, 0.2) is 0 Å². The Bertz CT molecular complexity index is 121. The Morgan fingerprint density at radius 3 is 2.43 bits per heavy atom. The summed E-state index contributed by atoms with van der Waals surface area (Å²) in [6, 6.07) is 0.173. The number of hydrogen-bond donors (Lipinski definition) is 3. The van der Waals surface area contributed by atoms with Crippen molar-refractivity contribution in [2.45, 2.75) is 25.2 Å². The Hall–Kier alpha value is -0.200. The zero-order chi connectivity index (χ0) is 10.8. The maximum absolute atomic E-state index is 8.61. The molecule has 0 amide bonds. The van der Waals surface area contributed by atoms with E-state index in [1.165, 1.54) is 0 Å². The lowest BCUT2D eigenvalue weighted by Crippen LogP contribution is -2.40. The lowest BCUT2D eigenvalue weighted by atomic mass is 10.2. The molecular weight excluding hydrogens is 184 g/mol. The van der Waals surface area contributed by atoms with Crippen molar-refractivity contribution in [2.24, 2.45) is 5.73 Å². The summed E-state index contributed by atoms with van der Waals surface area (Å²) in [7, 11) is 3.21. The highest BCUT2D eigenvalue weighted by Gasteiger charge is 2.13. The van der Waals surface area contributed by atoms with E-state index in [9.17, 15) is 0 Å². The molecule has 0 aliphatic carbocycles. The smallest absolute Gasteiger partial charge is 0.158 e. The largest absolute Gasteiger partial charge is 0.396 e. The number of aliphatic hydroxyl groups is 1. The summed E-state index contributed by atoms with van der Waals surface area (Å²) in [4.78, 5) is 0. The molecule has 0 rings (SSSR count). The van der Waals surface area contributed by atoms with Gasteiger partial charge in [-0.1, -0.05) is 0 Å². The SMILES string of the molecule is COC(CC(CN)NCCCO)OC. The average Bonchev–Trinajstić information content (AvgIpc) is 2.23. The minimum absolute atomic E-state index is 0.173. The molecule has 5 heteroatoms. The molecule has 0 aromatic rings. The third-order valence-corrected chi connectivity index (χ3v) is 2.06. The van der Waals surface area contributed by atoms with Gasteiger partial charge in [0.1, 0.15) is 0 Å². The Balaban J connectivity index is 3.65. The predicted octanol–water partition coefficient (Wildman–Crippen LogP) is -0.705. The van der Waals surface area contributed by atoms with Crippen LogP contribution in [-0.2, 0) is 9.47 Å². The average molecular weight is 206 g/mol. The number of hydrogen-bond acceptors (Lipinski definition) is 5. The van der Waals surface area contributed by atoms with Gasteiger partial charge < -0.3 is 25.6 Å². The molecule has 0 saturated carbocycles. The second-order valence-electron chi connectivity index (χ2n) is 3.10. The van der Waals surface area contributed by atoms with E-state index in [0.29, 0.717) is 6.54 Å². The van der Waals surface area contributed by atoms with Crippen LogP contribution in [-0.4, -0.2) is 51.4 Å². The fourth-order valence-electron chi connectivity index (χ4n) is 1.17. The van der Waals surface area contributed by atoms with Gasteiger partial charge in [0, 0.05) is 39.8 Å². The maximum Gasteiger partial charge on any atom is 0.158 e. The van der Waals surface area contributed by atoms with Crippen LogP contribution in [0, 0.1) is 0 Å². The van der Waals surface area contributed by atoms with Gasteiger partial charge >= 0.3 is 0 Å². The third-order valence-electron chi connectivity index (χ3n) is 2.06. The van der Waals surface area contributed by atoms with E-state index in [-0.39, 0.29) is 18.9 Å². The van der Waals surface area contributed by atoms with Crippen molar-refractivity contribution in [3.63, 3.8) is 0 Å². The highest BCUT2D eigenvalue weighted by Crippen LogP contribution is 2.01. The minimum Gasteiger partial charge on any atom is -0.396 e. The first-order valence-electron chi connectivity index (χ1n) is 4.88. The first-order valence-corrected chi connectivity index (χ1v) is 4.88. The molecule has 0 fully saturated rings. The van der Waals surface area contributed by atoms with Crippen molar-refractivity contribution >= 4 is 0 Å². The quantitative estimate of drug-likeness (QED) is 0.343. The summed E-state index contributed by atoms with van der Waals surface area (Å²) in [5.74, 6) is 0. The van der Waals surface area contributed by atoms with Crippen LogP contribution in [0.2, 0.25) is 0 Å². The van der Waals surface area contributed by atoms with Gasteiger partial charge in [-0.2, -0.15) is 0 Å². The van der Waals surface area contributed by atoms with Crippen LogP contribution >= 0.6 is 0 Å². The summed E-state index contributed by atoms with van der Waals surface area (Å²) in [5, 5.41) is 11.8. The Labute approximate surface area is 85.6 Å². The predicted molar refractivity (Wildman–Crippen MR) is 55.0 cm³/mol. The molecule has 0 bridgehead atoms. The second kappa shape index (κ2) is 9.36. The highest BCUT2D eigenvalue weighted by atomic mass is 16.7. The van der Waals surface area contributed by atoms with Crippen molar-refractivity contribution in [1.29, 1.82) is 0 Å². The number of methoxy groups -OCH3 is 2. The standard InChI is InChI=1S/C9H22N2O3/c1-13-9(14-2)6-8(7-10)11-4-3-5-12/h8-9,11-12H,3-7,10H2,1-2H3. The molecule has 0 aliphatic heterocycles. The van der Waals surface area contributed by atoms with Crippen LogP contribution in [0.3, 0.4) is 0 Å². The summed E-state index contributed by atoms with van der Waals surface area (Å²) >= 11 is 0. The molecular formula is C9H22N2O3. The van der Waals surface area contributed by atoms with Crippen molar-refractivity contribution in [3.8, 4) is 0 Å². The fraction of sp³-hybridized carbons (Fsp3) is 1.00. The lowest BCUT2D eigenvalue weighted by molar-refractivity contribution is -0.110. The van der Waals surface area contributed by atoms with Gasteiger partial charge in [0.2, 0.25) is 0 Å². The van der Waals surface area contributed by atoms with E-state index < -0.39 is 0 Å². The molecule has 0 saturated heterocycles. The zero-order valence-corrected chi connectivity index (χ0v) is 9.03. The van der Waals surface area contributed by atoms with E-state index in [4.69, 9.17) is 20.3 Å². The Morgan fingerprint density at radius 2 is 2.00 bits per heavy atom. The second-order valence-corrected chi connectivity index (χ2v) is 3.10. The molecule has 4 N–H and O–H groups in total. The normalized spacial score (nSPS) is 13.5. The van der Waals surface area contributed by atoms with Crippen LogP contribution in [0.1, 0.15) is 12.8 Å². The molecule has 0 aromatic heterocycles. The Morgan fingerprint density at radius 1 is 1.36 bits per heavy atom. The summed E-state index contributed by atoms with van der Waals surface area (Å²) < 4.78 is 10.1. The van der Waals surface area contributed by atoms with Gasteiger partial charge in [-0.15, -0.1) is 0 Å². The molecule has 0 aromatic carbocycles. The van der Waals surface area contributed by atoms with Gasteiger partial charge in [-0.25, -0.2) is 0 Å². The van der Waals surface area contributed by atoms with Crippen LogP contribution < -0.4 is 11.1 Å². The number of aliphatic hydroxyl groups excluding tert-OH is 1. The van der Waals surface area contributed by atoms with Gasteiger partial charge in [-0.05, 0) is 13.0 Å². The van der Waals surface area contributed by atoms with Gasteiger partial charge in [0.05, 0.1) is 0 Å².